The molecule has 0 fully saturated rings. The number of unbranched alkanes of at least 4 members (excludes halogenated alkanes) is 25. The second-order valence-corrected chi connectivity index (χ2v) is 13.7. The van der Waals surface area contributed by atoms with Crippen LogP contribution in [0.15, 0.2) is 0 Å². The molecule has 0 aromatic rings. The van der Waals surface area contributed by atoms with E-state index in [0.717, 1.165) is 0 Å². The molecule has 0 rings (SSSR count). The molecule has 0 aromatic carbocycles. The first-order chi connectivity index (χ1) is 19.2. The van der Waals surface area contributed by atoms with Gasteiger partial charge >= 0.3 is 0 Å². The minimum Gasteiger partial charge on any atom is -0.394 e. The fourth-order valence-corrected chi connectivity index (χ4v) is 6.74. The SMILES string of the molecule is CCCCCCCCCCCCCCCCCC(CCCCCCCCCCCCCC)POCC(O)CO. The highest BCUT2D eigenvalue weighted by molar-refractivity contribution is 7.33. The zero-order chi connectivity index (χ0) is 28.5. The quantitative estimate of drug-likeness (QED) is 0.0595. The van der Waals surface area contributed by atoms with E-state index in [1.807, 2.05) is 0 Å². The van der Waals surface area contributed by atoms with Crippen LogP contribution >= 0.6 is 8.81 Å². The molecule has 0 aromatic heterocycles. The number of hydrogen-bond acceptors (Lipinski definition) is 3. The maximum Gasteiger partial charge on any atom is 0.101 e. The van der Waals surface area contributed by atoms with Gasteiger partial charge in [-0.25, -0.2) is 0 Å². The molecule has 3 atom stereocenters. The summed E-state index contributed by atoms with van der Waals surface area (Å²) in [6.07, 6.45) is 39.8. The number of hydrogen-bond donors (Lipinski definition) is 2. The third-order valence-electron chi connectivity index (χ3n) is 8.30. The van der Waals surface area contributed by atoms with Gasteiger partial charge in [0.05, 0.1) is 13.2 Å². The maximum atomic E-state index is 9.61. The molecule has 0 aliphatic carbocycles. The molecule has 0 aliphatic rings. The summed E-state index contributed by atoms with van der Waals surface area (Å²) in [7, 11) is 0.470. The Balaban J connectivity index is 3.72. The van der Waals surface area contributed by atoms with Gasteiger partial charge in [0.25, 0.3) is 0 Å². The molecule has 0 aliphatic heterocycles. The standard InChI is InChI=1S/C35H73O3P/c1-3-5-7-9-11-13-15-17-18-19-21-23-25-27-29-31-35(39-38-33-34(37)32-36)30-28-26-24-22-20-16-14-12-10-8-6-4-2/h34-37,39H,3-33H2,1-2H3. The zero-order valence-corrected chi connectivity index (χ0v) is 27.9. The van der Waals surface area contributed by atoms with Crippen molar-refractivity contribution < 1.29 is 14.7 Å². The number of aliphatic hydroxyl groups is 2. The smallest absolute Gasteiger partial charge is 0.101 e. The second kappa shape index (κ2) is 34.5. The Morgan fingerprint density at radius 1 is 0.462 bits per heavy atom. The molecule has 3 unspecified atom stereocenters. The number of aliphatic hydroxyl groups excluding tert-OH is 2. The van der Waals surface area contributed by atoms with E-state index in [-0.39, 0.29) is 13.2 Å². The predicted octanol–water partition coefficient (Wildman–Crippen LogP) is 11.7. The third kappa shape index (κ3) is 32.7. The van der Waals surface area contributed by atoms with Gasteiger partial charge in [0.2, 0.25) is 0 Å². The first-order valence-electron chi connectivity index (χ1n) is 17.9. The van der Waals surface area contributed by atoms with Crippen molar-refractivity contribution >= 4 is 8.81 Å². The second-order valence-electron chi connectivity index (χ2n) is 12.4. The van der Waals surface area contributed by atoms with Crippen LogP contribution in [0.1, 0.15) is 200 Å². The van der Waals surface area contributed by atoms with E-state index in [1.54, 1.807) is 0 Å². The molecule has 4 heteroatoms. The first kappa shape index (κ1) is 39.3. The Morgan fingerprint density at radius 3 is 1.03 bits per heavy atom. The summed E-state index contributed by atoms with van der Waals surface area (Å²) in [5.74, 6) is 0. The van der Waals surface area contributed by atoms with Crippen molar-refractivity contribution in [1.29, 1.82) is 0 Å². The van der Waals surface area contributed by atoms with Gasteiger partial charge in [-0.2, -0.15) is 0 Å². The Bertz CT molecular complexity index is 434. The van der Waals surface area contributed by atoms with Crippen LogP contribution in [0.4, 0.5) is 0 Å². The Kier molecular flexibility index (Phi) is 34.8. The lowest BCUT2D eigenvalue weighted by molar-refractivity contribution is 0.0583. The summed E-state index contributed by atoms with van der Waals surface area (Å²) < 4.78 is 5.80. The van der Waals surface area contributed by atoms with Crippen molar-refractivity contribution in [3.05, 3.63) is 0 Å². The normalized spacial score (nSPS) is 13.5. The summed E-state index contributed by atoms with van der Waals surface area (Å²) in [5, 5.41) is 18.7. The van der Waals surface area contributed by atoms with Crippen LogP contribution in [0.5, 0.6) is 0 Å². The van der Waals surface area contributed by atoms with E-state index in [2.05, 4.69) is 13.8 Å². The van der Waals surface area contributed by atoms with Crippen LogP contribution in [0, 0.1) is 0 Å². The minimum atomic E-state index is -0.726. The van der Waals surface area contributed by atoms with Crippen molar-refractivity contribution in [2.45, 2.75) is 212 Å². The Morgan fingerprint density at radius 2 is 0.744 bits per heavy atom. The lowest BCUT2D eigenvalue weighted by atomic mass is 10.0. The van der Waals surface area contributed by atoms with Gasteiger partial charge in [-0.3, -0.25) is 0 Å². The largest absolute Gasteiger partial charge is 0.394 e. The van der Waals surface area contributed by atoms with E-state index in [9.17, 15) is 5.11 Å². The van der Waals surface area contributed by atoms with E-state index in [4.69, 9.17) is 9.63 Å². The fraction of sp³-hybridized carbons (Fsp3) is 1.00. The molecule has 0 heterocycles. The summed E-state index contributed by atoms with van der Waals surface area (Å²) >= 11 is 0. The van der Waals surface area contributed by atoms with Crippen LogP contribution in [0.25, 0.3) is 0 Å². The predicted molar refractivity (Wildman–Crippen MR) is 176 cm³/mol. The number of rotatable bonds is 34. The molecule has 2 N–H and O–H groups in total. The van der Waals surface area contributed by atoms with Gasteiger partial charge in [-0.15, -0.1) is 0 Å². The first-order valence-corrected chi connectivity index (χ1v) is 18.9. The molecule has 0 saturated heterocycles. The van der Waals surface area contributed by atoms with Gasteiger partial charge in [-0.05, 0) is 12.8 Å². The van der Waals surface area contributed by atoms with Gasteiger partial charge < -0.3 is 14.7 Å². The summed E-state index contributed by atoms with van der Waals surface area (Å²) in [5.41, 5.74) is 0.640. The van der Waals surface area contributed by atoms with Gasteiger partial charge in [0.1, 0.15) is 6.10 Å². The van der Waals surface area contributed by atoms with Crippen LogP contribution in [-0.4, -0.2) is 35.2 Å². The van der Waals surface area contributed by atoms with E-state index >= 15 is 0 Å². The molecular formula is C35H73O3P. The average molecular weight is 573 g/mol. The van der Waals surface area contributed by atoms with Crippen molar-refractivity contribution in [3.8, 4) is 0 Å². The van der Waals surface area contributed by atoms with Crippen molar-refractivity contribution in [3.63, 3.8) is 0 Å². The highest BCUT2D eigenvalue weighted by atomic mass is 31.1. The highest BCUT2D eigenvalue weighted by Gasteiger charge is 2.11. The molecule has 39 heavy (non-hydrogen) atoms. The molecule has 0 spiro atoms. The Labute approximate surface area is 248 Å². The summed E-state index contributed by atoms with van der Waals surface area (Å²) in [6.45, 7) is 4.66. The van der Waals surface area contributed by atoms with E-state index < -0.39 is 6.10 Å². The molecule has 236 valence electrons. The summed E-state index contributed by atoms with van der Waals surface area (Å²) in [6, 6.07) is 0. The van der Waals surface area contributed by atoms with Crippen molar-refractivity contribution in [2.24, 2.45) is 0 Å². The van der Waals surface area contributed by atoms with Crippen LogP contribution < -0.4 is 0 Å². The van der Waals surface area contributed by atoms with Gasteiger partial charge in [0.15, 0.2) is 0 Å². The molecule has 0 amide bonds. The minimum absolute atomic E-state index is 0.201. The average Bonchev–Trinajstić information content (AvgIpc) is 2.95. The zero-order valence-electron chi connectivity index (χ0n) is 26.9. The van der Waals surface area contributed by atoms with Gasteiger partial charge in [0, 0.05) is 14.5 Å². The van der Waals surface area contributed by atoms with E-state index in [1.165, 1.54) is 186 Å². The molecular weight excluding hydrogens is 499 g/mol. The van der Waals surface area contributed by atoms with Crippen molar-refractivity contribution in [2.75, 3.05) is 13.2 Å². The molecule has 3 nitrogen and oxygen atoms in total. The summed E-state index contributed by atoms with van der Waals surface area (Å²) in [4.78, 5) is 0. The monoisotopic (exact) mass is 573 g/mol. The third-order valence-corrected chi connectivity index (χ3v) is 9.54. The maximum absolute atomic E-state index is 9.61. The molecule has 0 saturated carbocycles. The molecule has 0 radical (unpaired) electrons. The van der Waals surface area contributed by atoms with Crippen LogP contribution in [0.2, 0.25) is 0 Å². The molecule has 0 bridgehead atoms. The lowest BCUT2D eigenvalue weighted by Crippen LogP contribution is -2.18. The topological polar surface area (TPSA) is 49.7 Å². The van der Waals surface area contributed by atoms with Crippen LogP contribution in [0.3, 0.4) is 0 Å². The Hall–Kier alpha value is 0.310. The van der Waals surface area contributed by atoms with Gasteiger partial charge in [-0.1, -0.05) is 187 Å². The lowest BCUT2D eigenvalue weighted by Gasteiger charge is -2.18. The fourth-order valence-electron chi connectivity index (χ4n) is 5.57. The van der Waals surface area contributed by atoms with E-state index in [0.29, 0.717) is 14.5 Å². The highest BCUT2D eigenvalue weighted by Crippen LogP contribution is 2.30. The van der Waals surface area contributed by atoms with Crippen molar-refractivity contribution in [1.82, 2.24) is 0 Å². The van der Waals surface area contributed by atoms with Crippen LogP contribution in [-0.2, 0) is 4.52 Å².